The van der Waals surface area contributed by atoms with Gasteiger partial charge in [-0.15, -0.1) is 0 Å². The van der Waals surface area contributed by atoms with Crippen LogP contribution in [-0.2, 0) is 0 Å². The van der Waals surface area contributed by atoms with E-state index >= 15 is 0 Å². The third-order valence-corrected chi connectivity index (χ3v) is 2.70. The van der Waals surface area contributed by atoms with Crippen molar-refractivity contribution in [2.75, 3.05) is 7.05 Å². The summed E-state index contributed by atoms with van der Waals surface area (Å²) >= 11 is 3.12. The second-order valence-corrected chi connectivity index (χ2v) is 4.10. The minimum Gasteiger partial charge on any atom is -0.310 e. The molecule has 1 atom stereocenters. The minimum atomic E-state index is -0.246. The summed E-state index contributed by atoms with van der Waals surface area (Å²) in [7, 11) is 1.83. The predicted molar refractivity (Wildman–Crippen MR) is 60.7 cm³/mol. The summed E-state index contributed by atoms with van der Waals surface area (Å²) in [5, 5.41) is 3.08. The van der Waals surface area contributed by atoms with Gasteiger partial charge in [0.05, 0.1) is 10.5 Å². The van der Waals surface area contributed by atoms with Gasteiger partial charge in [-0.05, 0) is 47.6 Å². The van der Waals surface area contributed by atoms with Crippen LogP contribution >= 0.6 is 15.9 Å². The Kier molecular flexibility index (Phi) is 3.84. The van der Waals surface area contributed by atoms with Crippen LogP contribution in [-0.4, -0.2) is 7.05 Å². The van der Waals surface area contributed by atoms with Crippen LogP contribution in [0.25, 0.3) is 0 Å². The molecule has 1 N–H and O–H groups in total. The van der Waals surface area contributed by atoms with E-state index in [1.165, 1.54) is 6.07 Å². The lowest BCUT2D eigenvalue weighted by atomic mass is 10.0. The molecule has 0 radical (unpaired) electrons. The fraction of sp³-hybridized carbons (Fsp3) is 0.273. The number of benzene rings is 1. The second-order valence-electron chi connectivity index (χ2n) is 3.24. The lowest BCUT2D eigenvalue weighted by Crippen LogP contribution is -2.17. The summed E-state index contributed by atoms with van der Waals surface area (Å²) in [4.78, 5) is 0. The van der Waals surface area contributed by atoms with Crippen molar-refractivity contribution in [3.05, 3.63) is 46.2 Å². The van der Waals surface area contributed by atoms with E-state index in [2.05, 4.69) is 27.8 Å². The van der Waals surface area contributed by atoms with Gasteiger partial charge in [-0.3, -0.25) is 0 Å². The Morgan fingerprint density at radius 3 is 2.64 bits per heavy atom. The molecule has 0 aliphatic rings. The fourth-order valence-electron chi connectivity index (χ4n) is 1.39. The summed E-state index contributed by atoms with van der Waals surface area (Å²) in [5.41, 5.74) is 1.86. The van der Waals surface area contributed by atoms with Crippen molar-refractivity contribution < 1.29 is 4.39 Å². The third kappa shape index (κ3) is 2.42. The number of likely N-dealkylation sites (N-methyl/N-ethyl adjacent to an activating group) is 1. The fourth-order valence-corrected chi connectivity index (χ4v) is 1.64. The molecule has 0 aromatic heterocycles. The first-order valence-electron chi connectivity index (χ1n) is 4.34. The van der Waals surface area contributed by atoms with Gasteiger partial charge in [0.15, 0.2) is 0 Å². The molecule has 0 amide bonds. The van der Waals surface area contributed by atoms with Gasteiger partial charge in [0, 0.05) is 0 Å². The highest BCUT2D eigenvalue weighted by atomic mass is 79.9. The Labute approximate surface area is 92.1 Å². The highest BCUT2D eigenvalue weighted by molar-refractivity contribution is 9.10. The SMILES string of the molecule is C=C(C)C(NC)c1ccc(Br)c(F)c1. The summed E-state index contributed by atoms with van der Waals surface area (Å²) < 4.78 is 13.7. The highest BCUT2D eigenvalue weighted by Gasteiger charge is 2.11. The Hall–Kier alpha value is -0.670. The number of hydrogen-bond acceptors (Lipinski definition) is 1. The first-order chi connectivity index (χ1) is 6.56. The molecule has 0 aliphatic heterocycles. The van der Waals surface area contributed by atoms with Gasteiger partial charge in [0.25, 0.3) is 0 Å². The lowest BCUT2D eigenvalue weighted by Gasteiger charge is -2.16. The zero-order valence-corrected chi connectivity index (χ0v) is 9.86. The van der Waals surface area contributed by atoms with Gasteiger partial charge in [0.1, 0.15) is 5.82 Å². The maximum Gasteiger partial charge on any atom is 0.137 e. The Morgan fingerprint density at radius 1 is 1.57 bits per heavy atom. The van der Waals surface area contributed by atoms with Crippen LogP contribution in [0.4, 0.5) is 4.39 Å². The Balaban J connectivity index is 3.06. The van der Waals surface area contributed by atoms with Gasteiger partial charge in [-0.1, -0.05) is 18.2 Å². The van der Waals surface area contributed by atoms with E-state index in [0.29, 0.717) is 4.47 Å². The van der Waals surface area contributed by atoms with E-state index in [4.69, 9.17) is 0 Å². The van der Waals surface area contributed by atoms with E-state index in [9.17, 15) is 4.39 Å². The molecule has 0 saturated heterocycles. The zero-order valence-electron chi connectivity index (χ0n) is 8.27. The van der Waals surface area contributed by atoms with E-state index in [1.807, 2.05) is 20.0 Å². The molecule has 0 saturated carbocycles. The summed E-state index contributed by atoms with van der Waals surface area (Å²) in [6.07, 6.45) is 0. The molecule has 1 aromatic carbocycles. The van der Waals surface area contributed by atoms with Gasteiger partial charge in [0.2, 0.25) is 0 Å². The second kappa shape index (κ2) is 4.71. The van der Waals surface area contributed by atoms with Crippen LogP contribution in [0.1, 0.15) is 18.5 Å². The van der Waals surface area contributed by atoms with Crippen molar-refractivity contribution in [2.24, 2.45) is 0 Å². The lowest BCUT2D eigenvalue weighted by molar-refractivity contribution is 0.609. The largest absolute Gasteiger partial charge is 0.310 e. The number of rotatable bonds is 3. The van der Waals surface area contributed by atoms with Crippen LogP contribution < -0.4 is 5.32 Å². The molecule has 1 nitrogen and oxygen atoms in total. The van der Waals surface area contributed by atoms with Crippen LogP contribution in [0.15, 0.2) is 34.8 Å². The van der Waals surface area contributed by atoms with Crippen LogP contribution in [0.5, 0.6) is 0 Å². The normalized spacial score (nSPS) is 12.6. The minimum absolute atomic E-state index is 0.0117. The monoisotopic (exact) mass is 257 g/mol. The van der Waals surface area contributed by atoms with Gasteiger partial charge in [-0.2, -0.15) is 0 Å². The molecule has 0 fully saturated rings. The van der Waals surface area contributed by atoms with Gasteiger partial charge < -0.3 is 5.32 Å². The summed E-state index contributed by atoms with van der Waals surface area (Å²) in [5.74, 6) is -0.246. The van der Waals surface area contributed by atoms with E-state index in [0.717, 1.165) is 11.1 Å². The molecular formula is C11H13BrFN. The summed E-state index contributed by atoms with van der Waals surface area (Å²) in [6.45, 7) is 5.78. The molecule has 1 aromatic rings. The van der Waals surface area contributed by atoms with E-state index in [1.54, 1.807) is 6.07 Å². The van der Waals surface area contributed by atoms with Crippen molar-refractivity contribution in [3.8, 4) is 0 Å². The number of nitrogens with one attached hydrogen (secondary N) is 1. The number of hydrogen-bond donors (Lipinski definition) is 1. The first kappa shape index (κ1) is 11.4. The maximum atomic E-state index is 13.2. The molecule has 0 bridgehead atoms. The Bertz CT molecular complexity index is 349. The van der Waals surface area contributed by atoms with Crippen LogP contribution in [0.3, 0.4) is 0 Å². The number of halogens is 2. The van der Waals surface area contributed by atoms with Crippen molar-refractivity contribution in [1.82, 2.24) is 5.32 Å². The van der Waals surface area contributed by atoms with Crippen LogP contribution in [0, 0.1) is 5.82 Å². The van der Waals surface area contributed by atoms with Crippen LogP contribution in [0.2, 0.25) is 0 Å². The van der Waals surface area contributed by atoms with Gasteiger partial charge in [-0.25, -0.2) is 4.39 Å². The molecule has 3 heteroatoms. The highest BCUT2D eigenvalue weighted by Crippen LogP contribution is 2.24. The van der Waals surface area contributed by atoms with Gasteiger partial charge >= 0.3 is 0 Å². The van der Waals surface area contributed by atoms with Crippen molar-refractivity contribution in [1.29, 1.82) is 0 Å². The quantitative estimate of drug-likeness (QED) is 0.819. The average Bonchev–Trinajstić information content (AvgIpc) is 2.11. The molecule has 76 valence electrons. The van der Waals surface area contributed by atoms with E-state index in [-0.39, 0.29) is 11.9 Å². The molecule has 0 aliphatic carbocycles. The molecule has 1 unspecified atom stereocenters. The maximum absolute atomic E-state index is 13.2. The molecule has 14 heavy (non-hydrogen) atoms. The van der Waals surface area contributed by atoms with E-state index < -0.39 is 0 Å². The predicted octanol–water partition coefficient (Wildman–Crippen LogP) is 3.42. The molecule has 0 heterocycles. The average molecular weight is 258 g/mol. The van der Waals surface area contributed by atoms with Crippen molar-refractivity contribution >= 4 is 15.9 Å². The van der Waals surface area contributed by atoms with Crippen molar-refractivity contribution in [3.63, 3.8) is 0 Å². The molecule has 0 spiro atoms. The first-order valence-corrected chi connectivity index (χ1v) is 5.13. The standard InChI is InChI=1S/C11H13BrFN/c1-7(2)11(14-3)8-4-5-9(12)10(13)6-8/h4-6,11,14H,1H2,2-3H3. The molecule has 1 rings (SSSR count). The smallest absolute Gasteiger partial charge is 0.137 e. The topological polar surface area (TPSA) is 12.0 Å². The zero-order chi connectivity index (χ0) is 10.7. The third-order valence-electron chi connectivity index (χ3n) is 2.06. The molecular weight excluding hydrogens is 245 g/mol. The Morgan fingerprint density at radius 2 is 2.21 bits per heavy atom. The summed E-state index contributed by atoms with van der Waals surface area (Å²) in [6, 6.07) is 5.11. The van der Waals surface area contributed by atoms with Crippen molar-refractivity contribution in [2.45, 2.75) is 13.0 Å².